The van der Waals surface area contributed by atoms with Crippen molar-refractivity contribution in [2.45, 2.75) is 6.04 Å². The molecule has 0 unspecified atom stereocenters. The summed E-state index contributed by atoms with van der Waals surface area (Å²) in [5.74, 6) is 0.258. The standard InChI is InChI=1S/C25H25N3O/c1-18(19-8-6-7-13-24(19)29)26-28-16-14-27(15-17-28)25-22-11-4-2-9-20(22)21-10-3-5-12-23(21)25/h2-13,25-26,29H,1,14-17H2/p+1. The first-order valence-corrected chi connectivity index (χ1v) is 10.2. The predicted molar refractivity (Wildman–Crippen MR) is 116 cm³/mol. The highest BCUT2D eigenvalue weighted by Crippen LogP contribution is 2.41. The topological polar surface area (TPSA) is 39.9 Å². The summed E-state index contributed by atoms with van der Waals surface area (Å²) >= 11 is 0. The molecule has 0 atom stereocenters. The van der Waals surface area contributed by atoms with Crippen molar-refractivity contribution in [3.05, 3.63) is 96.1 Å². The van der Waals surface area contributed by atoms with Crippen LogP contribution in [0.1, 0.15) is 22.7 Å². The van der Waals surface area contributed by atoms with E-state index in [4.69, 9.17) is 0 Å². The van der Waals surface area contributed by atoms with E-state index in [1.165, 1.54) is 22.3 Å². The number of benzene rings is 3. The van der Waals surface area contributed by atoms with Crippen molar-refractivity contribution >= 4 is 5.70 Å². The van der Waals surface area contributed by atoms with E-state index in [9.17, 15) is 5.11 Å². The zero-order valence-electron chi connectivity index (χ0n) is 16.4. The van der Waals surface area contributed by atoms with Crippen LogP contribution < -0.4 is 10.3 Å². The van der Waals surface area contributed by atoms with Crippen LogP contribution in [0.4, 0.5) is 0 Å². The van der Waals surface area contributed by atoms with E-state index in [-0.39, 0.29) is 5.75 Å². The van der Waals surface area contributed by atoms with E-state index >= 15 is 0 Å². The summed E-state index contributed by atoms with van der Waals surface area (Å²) in [6.45, 7) is 8.08. The molecular formula is C25H26N3O+. The third kappa shape index (κ3) is 3.20. The Balaban J connectivity index is 1.30. The molecule has 0 bridgehead atoms. The van der Waals surface area contributed by atoms with E-state index in [0.717, 1.165) is 37.4 Å². The van der Waals surface area contributed by atoms with Crippen LogP contribution in [0, 0.1) is 0 Å². The maximum atomic E-state index is 10.1. The van der Waals surface area contributed by atoms with Crippen LogP contribution in [0.3, 0.4) is 0 Å². The summed E-state index contributed by atoms with van der Waals surface area (Å²) < 4.78 is 0. The van der Waals surface area contributed by atoms with Gasteiger partial charge in [0.05, 0.1) is 31.9 Å². The lowest BCUT2D eigenvalue weighted by molar-refractivity contribution is -0.929. The predicted octanol–water partition coefficient (Wildman–Crippen LogP) is 2.84. The molecule has 29 heavy (non-hydrogen) atoms. The Morgan fingerprint density at radius 2 is 1.41 bits per heavy atom. The Bertz CT molecular complexity index is 1010. The molecule has 5 rings (SSSR count). The van der Waals surface area contributed by atoms with Gasteiger partial charge in [0, 0.05) is 16.7 Å². The first kappa shape index (κ1) is 18.0. The smallest absolute Gasteiger partial charge is 0.140 e. The number of nitrogens with zero attached hydrogens (tertiary/aromatic N) is 1. The molecule has 0 radical (unpaired) electrons. The van der Waals surface area contributed by atoms with Gasteiger partial charge in [-0.1, -0.05) is 67.2 Å². The third-order valence-corrected chi connectivity index (χ3v) is 6.17. The van der Waals surface area contributed by atoms with Gasteiger partial charge in [0.2, 0.25) is 0 Å². The van der Waals surface area contributed by atoms with Gasteiger partial charge in [0.1, 0.15) is 11.8 Å². The lowest BCUT2D eigenvalue weighted by Gasteiger charge is -2.36. The number of hydrazine groups is 1. The molecule has 4 nitrogen and oxygen atoms in total. The number of aromatic hydroxyl groups is 1. The first-order valence-electron chi connectivity index (χ1n) is 10.2. The molecule has 0 amide bonds. The fourth-order valence-corrected chi connectivity index (χ4v) is 4.77. The molecule has 1 saturated heterocycles. The van der Waals surface area contributed by atoms with Crippen LogP contribution >= 0.6 is 0 Å². The Hall–Kier alpha value is -3.08. The van der Waals surface area contributed by atoms with Gasteiger partial charge in [0.15, 0.2) is 0 Å². The second-order valence-corrected chi connectivity index (χ2v) is 7.86. The number of para-hydroxylation sites is 1. The second kappa shape index (κ2) is 7.39. The molecule has 3 aromatic carbocycles. The second-order valence-electron chi connectivity index (χ2n) is 7.86. The molecule has 4 heteroatoms. The van der Waals surface area contributed by atoms with Crippen LogP contribution in [0.25, 0.3) is 16.8 Å². The van der Waals surface area contributed by atoms with E-state index in [1.54, 1.807) is 11.0 Å². The molecule has 0 aromatic heterocycles. The Morgan fingerprint density at radius 1 is 0.862 bits per heavy atom. The van der Waals surface area contributed by atoms with Crippen molar-refractivity contribution in [3.8, 4) is 16.9 Å². The molecule has 1 heterocycles. The van der Waals surface area contributed by atoms with Gasteiger partial charge >= 0.3 is 0 Å². The summed E-state index contributed by atoms with van der Waals surface area (Å²) in [5.41, 5.74) is 10.5. The molecule has 1 aliphatic carbocycles. The highest BCUT2D eigenvalue weighted by Gasteiger charge is 2.37. The van der Waals surface area contributed by atoms with E-state index in [2.05, 4.69) is 65.5 Å². The van der Waals surface area contributed by atoms with Crippen molar-refractivity contribution in [2.75, 3.05) is 26.2 Å². The molecule has 3 aromatic rings. The van der Waals surface area contributed by atoms with Gasteiger partial charge in [0.25, 0.3) is 0 Å². The number of piperazine rings is 1. The maximum absolute atomic E-state index is 10.1. The number of rotatable bonds is 4. The largest absolute Gasteiger partial charge is 0.507 e. The number of nitrogens with one attached hydrogen (secondary N) is 2. The zero-order chi connectivity index (χ0) is 19.8. The summed E-state index contributed by atoms with van der Waals surface area (Å²) in [6.07, 6.45) is 0. The van der Waals surface area contributed by atoms with Crippen molar-refractivity contribution in [2.24, 2.45) is 0 Å². The molecule has 146 valence electrons. The van der Waals surface area contributed by atoms with Gasteiger partial charge in [-0.3, -0.25) is 0 Å². The van der Waals surface area contributed by atoms with Gasteiger partial charge in [-0.15, -0.1) is 0 Å². The van der Waals surface area contributed by atoms with Crippen molar-refractivity contribution in [3.63, 3.8) is 0 Å². The molecule has 1 fully saturated rings. The average Bonchev–Trinajstić information content (AvgIpc) is 3.09. The van der Waals surface area contributed by atoms with Crippen LogP contribution in [-0.2, 0) is 0 Å². The van der Waals surface area contributed by atoms with Crippen molar-refractivity contribution < 1.29 is 10.0 Å². The van der Waals surface area contributed by atoms with Gasteiger partial charge in [-0.05, 0) is 23.3 Å². The summed E-state index contributed by atoms with van der Waals surface area (Å²) in [6, 6.07) is 25.4. The van der Waals surface area contributed by atoms with Crippen LogP contribution in [0.15, 0.2) is 79.4 Å². The minimum absolute atomic E-state index is 0.258. The van der Waals surface area contributed by atoms with Crippen molar-refractivity contribution in [1.82, 2.24) is 10.4 Å². The lowest BCUT2D eigenvalue weighted by Crippen LogP contribution is -3.15. The highest BCUT2D eigenvalue weighted by molar-refractivity contribution is 5.77. The molecule has 1 aliphatic heterocycles. The Morgan fingerprint density at radius 3 is 2.03 bits per heavy atom. The van der Waals surface area contributed by atoms with Crippen LogP contribution in [0.2, 0.25) is 0 Å². The molecule has 2 aliphatic rings. The van der Waals surface area contributed by atoms with Crippen LogP contribution in [-0.4, -0.2) is 36.3 Å². The molecular weight excluding hydrogens is 358 g/mol. The van der Waals surface area contributed by atoms with E-state index in [1.807, 2.05) is 18.2 Å². The highest BCUT2D eigenvalue weighted by atomic mass is 16.3. The quantitative estimate of drug-likeness (QED) is 0.648. The fourth-order valence-electron chi connectivity index (χ4n) is 4.77. The van der Waals surface area contributed by atoms with Crippen molar-refractivity contribution in [1.29, 1.82) is 0 Å². The number of hydrogen-bond acceptors (Lipinski definition) is 3. The Labute approximate surface area is 171 Å². The Kier molecular flexibility index (Phi) is 4.58. The minimum Gasteiger partial charge on any atom is -0.507 e. The zero-order valence-corrected chi connectivity index (χ0v) is 16.4. The number of hydrogen-bond donors (Lipinski definition) is 3. The lowest BCUT2D eigenvalue weighted by atomic mass is 10.0. The normalized spacial score (nSPS) is 17.0. The van der Waals surface area contributed by atoms with Gasteiger partial charge in [-0.25, -0.2) is 5.01 Å². The van der Waals surface area contributed by atoms with Crippen LogP contribution in [0.5, 0.6) is 5.75 Å². The summed E-state index contributed by atoms with van der Waals surface area (Å²) in [7, 11) is 0. The average molecular weight is 385 g/mol. The number of fused-ring (bicyclic) bond motifs is 3. The first-order chi connectivity index (χ1) is 14.2. The summed E-state index contributed by atoms with van der Waals surface area (Å²) in [4.78, 5) is 1.61. The minimum atomic E-state index is 0.258. The van der Waals surface area contributed by atoms with E-state index < -0.39 is 0 Å². The monoisotopic (exact) mass is 384 g/mol. The SMILES string of the molecule is C=C(NN1CC[NH+](C2c3ccccc3-c3ccccc32)CC1)c1ccccc1O. The molecule has 3 N–H and O–H groups in total. The fraction of sp³-hybridized carbons (Fsp3) is 0.200. The van der Waals surface area contributed by atoms with Gasteiger partial charge in [-0.2, -0.15) is 0 Å². The van der Waals surface area contributed by atoms with Gasteiger partial charge < -0.3 is 15.4 Å². The summed E-state index contributed by atoms with van der Waals surface area (Å²) in [5, 5.41) is 12.3. The molecule has 0 saturated carbocycles. The number of quaternary nitrogens is 1. The molecule has 0 spiro atoms. The number of phenolic OH excluding ortho intramolecular Hbond substituents is 1. The van der Waals surface area contributed by atoms with E-state index in [0.29, 0.717) is 6.04 Å². The third-order valence-electron chi connectivity index (χ3n) is 6.17. The maximum Gasteiger partial charge on any atom is 0.140 e. The number of phenols is 1.